The Balaban J connectivity index is 1.89. The molecule has 0 saturated carbocycles. The van der Waals surface area contributed by atoms with Crippen molar-refractivity contribution in [3.05, 3.63) is 76.2 Å². The molecule has 0 saturated heterocycles. The third-order valence-corrected chi connectivity index (χ3v) is 5.86. The SMILES string of the molecule is COc1cccc(-c2nc3ncc(-c4cc(C)cc(CN(C)C)c4)cc3c(=O)n2CC(=O)NC(C)C)c1. The summed E-state index contributed by atoms with van der Waals surface area (Å²) in [4.78, 5) is 38.0. The molecule has 37 heavy (non-hydrogen) atoms. The van der Waals surface area contributed by atoms with Gasteiger partial charge in [0.1, 0.15) is 18.1 Å². The summed E-state index contributed by atoms with van der Waals surface area (Å²) in [6.45, 7) is 6.46. The third-order valence-electron chi connectivity index (χ3n) is 5.86. The van der Waals surface area contributed by atoms with E-state index in [1.807, 2.05) is 52.2 Å². The summed E-state index contributed by atoms with van der Waals surface area (Å²) in [5, 5.41) is 3.22. The van der Waals surface area contributed by atoms with Gasteiger partial charge in [-0.1, -0.05) is 29.8 Å². The summed E-state index contributed by atoms with van der Waals surface area (Å²) < 4.78 is 6.77. The van der Waals surface area contributed by atoms with Crippen molar-refractivity contribution >= 4 is 16.9 Å². The Morgan fingerprint density at radius 2 is 1.86 bits per heavy atom. The first-order chi connectivity index (χ1) is 17.6. The molecule has 0 aliphatic heterocycles. The lowest BCUT2D eigenvalue weighted by Gasteiger charge is -2.16. The maximum absolute atomic E-state index is 13.8. The van der Waals surface area contributed by atoms with Crippen LogP contribution < -0.4 is 15.6 Å². The molecule has 0 aliphatic carbocycles. The number of pyridine rings is 1. The van der Waals surface area contributed by atoms with Crippen LogP contribution in [0.1, 0.15) is 25.0 Å². The number of nitrogens with zero attached hydrogens (tertiary/aromatic N) is 4. The topological polar surface area (TPSA) is 89.4 Å². The number of nitrogens with one attached hydrogen (secondary N) is 1. The van der Waals surface area contributed by atoms with E-state index in [1.54, 1.807) is 19.4 Å². The predicted octanol–water partition coefficient (Wildman–Crippen LogP) is 4.03. The number of ether oxygens (including phenoxy) is 1. The average Bonchev–Trinajstić information content (AvgIpc) is 2.84. The minimum atomic E-state index is -0.322. The van der Waals surface area contributed by atoms with E-state index in [-0.39, 0.29) is 24.1 Å². The normalized spacial score (nSPS) is 11.4. The number of hydrogen-bond donors (Lipinski definition) is 1. The summed E-state index contributed by atoms with van der Waals surface area (Å²) in [7, 11) is 5.64. The molecule has 2 aromatic carbocycles. The Hall–Kier alpha value is -4.04. The predicted molar refractivity (Wildman–Crippen MR) is 147 cm³/mol. The van der Waals surface area contributed by atoms with E-state index in [1.165, 1.54) is 10.1 Å². The van der Waals surface area contributed by atoms with Gasteiger partial charge < -0.3 is 15.0 Å². The maximum atomic E-state index is 13.8. The van der Waals surface area contributed by atoms with Gasteiger partial charge in [0.2, 0.25) is 5.91 Å². The second kappa shape index (κ2) is 10.9. The van der Waals surface area contributed by atoms with Crippen molar-refractivity contribution < 1.29 is 9.53 Å². The van der Waals surface area contributed by atoms with Crippen LogP contribution in [0.4, 0.5) is 0 Å². The van der Waals surface area contributed by atoms with Crippen LogP contribution in [0.3, 0.4) is 0 Å². The van der Waals surface area contributed by atoms with Crippen LogP contribution in [-0.2, 0) is 17.9 Å². The largest absolute Gasteiger partial charge is 0.497 e. The molecule has 1 amide bonds. The van der Waals surface area contributed by atoms with E-state index >= 15 is 0 Å². The van der Waals surface area contributed by atoms with Crippen LogP contribution in [0.15, 0.2) is 59.5 Å². The summed E-state index contributed by atoms with van der Waals surface area (Å²) in [6.07, 6.45) is 1.74. The minimum absolute atomic E-state index is 0.0529. The Kier molecular flexibility index (Phi) is 7.69. The number of aryl methyl sites for hydroxylation is 1. The quantitative estimate of drug-likeness (QED) is 0.394. The van der Waals surface area contributed by atoms with E-state index in [4.69, 9.17) is 9.72 Å². The minimum Gasteiger partial charge on any atom is -0.497 e. The highest BCUT2D eigenvalue weighted by atomic mass is 16.5. The molecule has 4 rings (SSSR count). The van der Waals surface area contributed by atoms with E-state index in [0.717, 1.165) is 23.2 Å². The van der Waals surface area contributed by atoms with Crippen molar-refractivity contribution in [3.8, 4) is 28.3 Å². The summed E-state index contributed by atoms with van der Waals surface area (Å²) in [5.74, 6) is 0.721. The number of carbonyl (C=O) groups excluding carboxylic acids is 1. The molecule has 2 aromatic heterocycles. The Labute approximate surface area is 216 Å². The van der Waals surface area contributed by atoms with E-state index in [0.29, 0.717) is 28.2 Å². The fourth-order valence-corrected chi connectivity index (χ4v) is 4.39. The second-order valence-corrected chi connectivity index (χ2v) is 9.82. The fourth-order valence-electron chi connectivity index (χ4n) is 4.39. The first-order valence-corrected chi connectivity index (χ1v) is 12.2. The van der Waals surface area contributed by atoms with Gasteiger partial charge in [-0.15, -0.1) is 0 Å². The van der Waals surface area contributed by atoms with Crippen LogP contribution in [0.5, 0.6) is 5.75 Å². The second-order valence-electron chi connectivity index (χ2n) is 9.82. The molecule has 192 valence electrons. The van der Waals surface area contributed by atoms with Crippen molar-refractivity contribution in [1.82, 2.24) is 24.8 Å². The number of methoxy groups -OCH3 is 1. The number of aromatic nitrogens is 3. The zero-order valence-corrected chi connectivity index (χ0v) is 22.2. The van der Waals surface area contributed by atoms with Crippen LogP contribution in [0.25, 0.3) is 33.5 Å². The van der Waals surface area contributed by atoms with E-state index in [2.05, 4.69) is 40.3 Å². The molecule has 0 aliphatic rings. The third kappa shape index (κ3) is 6.03. The lowest BCUT2D eigenvalue weighted by atomic mass is 10.0. The maximum Gasteiger partial charge on any atom is 0.263 e. The molecule has 0 atom stereocenters. The van der Waals surface area contributed by atoms with E-state index < -0.39 is 0 Å². The fraction of sp³-hybridized carbons (Fsp3) is 0.310. The average molecular weight is 500 g/mol. The molecular weight excluding hydrogens is 466 g/mol. The summed E-state index contributed by atoms with van der Waals surface area (Å²) in [5.41, 5.74) is 4.77. The lowest BCUT2D eigenvalue weighted by Crippen LogP contribution is -2.37. The van der Waals surface area contributed by atoms with Crippen LogP contribution >= 0.6 is 0 Å². The van der Waals surface area contributed by atoms with Crippen molar-refractivity contribution in [2.75, 3.05) is 21.2 Å². The van der Waals surface area contributed by atoms with Gasteiger partial charge in [-0.3, -0.25) is 14.2 Å². The van der Waals surface area contributed by atoms with Crippen molar-refractivity contribution in [3.63, 3.8) is 0 Å². The van der Waals surface area contributed by atoms with Crippen LogP contribution in [0, 0.1) is 6.92 Å². The Morgan fingerprint density at radius 3 is 2.57 bits per heavy atom. The van der Waals surface area contributed by atoms with Gasteiger partial charge in [-0.2, -0.15) is 0 Å². The molecule has 1 N–H and O–H groups in total. The van der Waals surface area contributed by atoms with Gasteiger partial charge in [-0.25, -0.2) is 9.97 Å². The Bertz CT molecular complexity index is 1510. The molecule has 0 bridgehead atoms. The molecular formula is C29H33N5O3. The van der Waals surface area contributed by atoms with Gasteiger partial charge in [0.15, 0.2) is 5.65 Å². The van der Waals surface area contributed by atoms with Gasteiger partial charge in [0.25, 0.3) is 5.56 Å². The number of amides is 1. The smallest absolute Gasteiger partial charge is 0.263 e. The zero-order valence-electron chi connectivity index (χ0n) is 22.2. The first-order valence-electron chi connectivity index (χ1n) is 12.2. The van der Waals surface area contributed by atoms with Gasteiger partial charge >= 0.3 is 0 Å². The lowest BCUT2D eigenvalue weighted by molar-refractivity contribution is -0.122. The number of carbonyl (C=O) groups is 1. The highest BCUT2D eigenvalue weighted by Crippen LogP contribution is 2.26. The summed E-state index contributed by atoms with van der Waals surface area (Å²) in [6, 6.07) is 15.4. The molecule has 0 unspecified atom stereocenters. The number of benzene rings is 2. The van der Waals surface area contributed by atoms with Crippen LogP contribution in [0.2, 0.25) is 0 Å². The molecule has 8 heteroatoms. The molecule has 0 fully saturated rings. The summed E-state index contributed by atoms with van der Waals surface area (Å²) >= 11 is 0. The van der Waals surface area contributed by atoms with Gasteiger partial charge in [0, 0.05) is 29.9 Å². The van der Waals surface area contributed by atoms with Crippen molar-refractivity contribution in [2.45, 2.75) is 39.9 Å². The highest BCUT2D eigenvalue weighted by Gasteiger charge is 2.18. The number of hydrogen-bond acceptors (Lipinski definition) is 6. The molecule has 0 radical (unpaired) electrons. The van der Waals surface area contributed by atoms with Crippen molar-refractivity contribution in [1.29, 1.82) is 0 Å². The number of rotatable bonds is 8. The number of fused-ring (bicyclic) bond motifs is 1. The Morgan fingerprint density at radius 1 is 1.08 bits per heavy atom. The zero-order chi connectivity index (χ0) is 26.7. The van der Waals surface area contributed by atoms with Crippen molar-refractivity contribution in [2.24, 2.45) is 0 Å². The van der Waals surface area contributed by atoms with Crippen LogP contribution in [-0.4, -0.2) is 52.6 Å². The molecule has 8 nitrogen and oxygen atoms in total. The first kappa shape index (κ1) is 26.0. The highest BCUT2D eigenvalue weighted by molar-refractivity contribution is 5.83. The molecule has 4 aromatic rings. The molecule has 2 heterocycles. The van der Waals surface area contributed by atoms with Gasteiger partial charge in [-0.05, 0) is 70.3 Å². The van der Waals surface area contributed by atoms with E-state index in [9.17, 15) is 9.59 Å². The standard InChI is InChI=1S/C29H33N5O3/c1-18(2)31-26(35)17-34-28(21-8-7-9-24(13-21)37-6)32-27-25(29(34)36)14-23(15-30-27)22-11-19(3)10-20(12-22)16-33(4)5/h7-15,18H,16-17H2,1-6H3,(H,31,35). The monoisotopic (exact) mass is 499 g/mol. The van der Waals surface area contributed by atoms with Gasteiger partial charge in [0.05, 0.1) is 12.5 Å². The molecule has 0 spiro atoms.